The van der Waals surface area contributed by atoms with Crippen molar-refractivity contribution < 1.29 is 22.4 Å². The van der Waals surface area contributed by atoms with Gasteiger partial charge in [-0.15, -0.1) is 0 Å². The van der Waals surface area contributed by atoms with E-state index in [0.29, 0.717) is 0 Å². The molecule has 438 valence electrons. The van der Waals surface area contributed by atoms with Crippen LogP contribution in [-0.2, 0) is 0 Å². The van der Waals surface area contributed by atoms with E-state index in [1.807, 2.05) is 24.3 Å². The second kappa shape index (κ2) is 20.2. The van der Waals surface area contributed by atoms with Gasteiger partial charge in [0.25, 0.3) is 13.4 Å². The molecule has 11 heteroatoms. The van der Waals surface area contributed by atoms with E-state index in [4.69, 9.17) is 22.4 Å². The third-order valence-corrected chi connectivity index (χ3v) is 20.6. The summed E-state index contributed by atoms with van der Waals surface area (Å²) in [6, 6.07) is 108. The van der Waals surface area contributed by atoms with E-state index in [-0.39, 0.29) is 27.1 Å². The Balaban J connectivity index is 0.000000129. The molecule has 0 bridgehead atoms. The number of anilines is 2. The molecule has 8 heterocycles. The smallest absolute Gasteiger partial charge is 0.373 e. The second-order valence-corrected chi connectivity index (χ2v) is 25.5. The highest BCUT2D eigenvalue weighted by molar-refractivity contribution is 7.10. The molecule has 0 N–H and O–H groups in total. The van der Waals surface area contributed by atoms with Crippen molar-refractivity contribution in [3.63, 3.8) is 0 Å². The Kier molecular flexibility index (Phi) is 11.2. The first-order chi connectivity index (χ1) is 47.1. The van der Waals surface area contributed by atoms with Crippen LogP contribution in [0.15, 0.2) is 321 Å². The summed E-state index contributed by atoms with van der Waals surface area (Å²) in [6.07, 6.45) is 0. The Morgan fingerprint density at radius 1 is 0.253 bits per heavy atom. The van der Waals surface area contributed by atoms with E-state index in [0.717, 1.165) is 94.9 Å². The predicted octanol–water partition coefficient (Wildman–Crippen LogP) is 14.4. The maximum Gasteiger partial charge on any atom is 0.373 e. The lowest BCUT2D eigenvalue weighted by Gasteiger charge is -2.38. The van der Waals surface area contributed by atoms with Crippen molar-refractivity contribution in [2.24, 2.45) is 0 Å². The van der Waals surface area contributed by atoms with Gasteiger partial charge < -0.3 is 31.7 Å². The number of aromatic nitrogens is 1. The van der Waals surface area contributed by atoms with Crippen LogP contribution in [0.5, 0.6) is 11.5 Å². The number of nitrogens with zero attached hydrogens (tertiary/aromatic N) is 2. The van der Waals surface area contributed by atoms with Gasteiger partial charge in [0.05, 0.1) is 34.0 Å². The molecule has 5 aromatic heterocycles. The van der Waals surface area contributed by atoms with Crippen LogP contribution in [0.1, 0.15) is 0 Å². The highest BCUT2D eigenvalue weighted by atomic mass is 16.5. The van der Waals surface area contributed by atoms with Crippen molar-refractivity contribution >= 4 is 203 Å². The highest BCUT2D eigenvalue weighted by Gasteiger charge is 2.52. The normalized spacial score (nSPS) is 13.2. The molecule has 14 aromatic carbocycles. The van der Waals surface area contributed by atoms with Gasteiger partial charge in [-0.2, -0.15) is 0 Å². The molecule has 0 aliphatic carbocycles. The fraction of sp³-hybridized carbons (Fsp3) is 0. The van der Waals surface area contributed by atoms with Crippen molar-refractivity contribution in [2.45, 2.75) is 0 Å². The molecule has 0 unspecified atom stereocenters. The Bertz CT molecular complexity index is 6320. The predicted molar refractivity (Wildman–Crippen MR) is 397 cm³/mol. The molecule has 0 saturated heterocycles. The maximum atomic E-state index is 7.24. The lowest BCUT2D eigenvalue weighted by atomic mass is 9.28. The standard InChI is InChI=1S/C46H27B2NO3.C38H23B2NO2/c1-2-13-30-26-32-27-33(23-21-31(32)25-29(30)12-1)47-44-42-34-14-4-3-11-28(34)22-24-41(42)52-46(44)48(43-35-15-5-8-18-38(35)51-45(43)47)49-36-16-6-9-19-39(36)50-40-20-10-7-17-37(40)49;1-2-13-25(14-3-1)39-36-34-26-15-5-4-12-24(26)22-23-33(34)43-38(36)40(35-29-18-8-11-21-32(29)42-37(35)39)41-30-19-9-6-16-27(30)28-17-7-10-20-31(28)41/h1-27H;1-23H. The van der Waals surface area contributed by atoms with E-state index in [1.165, 1.54) is 92.1 Å². The molecule has 0 atom stereocenters. The van der Waals surface area contributed by atoms with Crippen LogP contribution in [0.2, 0.25) is 0 Å². The zero-order valence-electron chi connectivity index (χ0n) is 51.1. The third kappa shape index (κ3) is 7.63. The number of fused-ring (bicyclic) bond motifs is 23. The lowest BCUT2D eigenvalue weighted by Crippen LogP contribution is -2.74. The number of hydrogen-bond acceptors (Lipinski definition) is 6. The number of benzene rings is 14. The summed E-state index contributed by atoms with van der Waals surface area (Å²) < 4.78 is 37.4. The van der Waals surface area contributed by atoms with Gasteiger partial charge in [0, 0.05) is 43.4 Å². The first-order valence-corrected chi connectivity index (χ1v) is 32.7. The molecule has 3 aliphatic rings. The molecular weight excluding hydrogens is 1160 g/mol. The van der Waals surface area contributed by atoms with Crippen LogP contribution in [0.4, 0.5) is 11.4 Å². The summed E-state index contributed by atoms with van der Waals surface area (Å²) in [4.78, 5) is 2.40. The fourth-order valence-electron chi connectivity index (χ4n) is 16.6. The molecule has 0 amide bonds. The molecule has 22 rings (SSSR count). The first-order valence-electron chi connectivity index (χ1n) is 32.7. The average Bonchev–Trinajstić information content (AvgIpc) is 1.56. The number of rotatable bonds is 4. The fourth-order valence-corrected chi connectivity index (χ4v) is 16.6. The van der Waals surface area contributed by atoms with Gasteiger partial charge in [0.15, 0.2) is 0 Å². The largest absolute Gasteiger partial charge is 0.471 e. The summed E-state index contributed by atoms with van der Waals surface area (Å²) in [6.45, 7) is -0.894. The molecule has 0 radical (unpaired) electrons. The van der Waals surface area contributed by atoms with Crippen LogP contribution >= 0.6 is 0 Å². The quantitative estimate of drug-likeness (QED) is 0.129. The average molecular weight is 1210 g/mol. The molecule has 95 heavy (non-hydrogen) atoms. The zero-order chi connectivity index (χ0) is 62.0. The van der Waals surface area contributed by atoms with Gasteiger partial charge in [0.1, 0.15) is 33.8 Å². The second-order valence-electron chi connectivity index (χ2n) is 25.5. The van der Waals surface area contributed by atoms with Gasteiger partial charge in [-0.25, -0.2) is 0 Å². The Morgan fingerprint density at radius 2 is 0.663 bits per heavy atom. The van der Waals surface area contributed by atoms with Crippen molar-refractivity contribution in [1.29, 1.82) is 0 Å². The minimum absolute atomic E-state index is 0.116. The van der Waals surface area contributed by atoms with Gasteiger partial charge in [-0.1, -0.05) is 241 Å². The van der Waals surface area contributed by atoms with E-state index in [2.05, 4.69) is 288 Å². The van der Waals surface area contributed by atoms with Gasteiger partial charge >= 0.3 is 13.7 Å². The van der Waals surface area contributed by atoms with Gasteiger partial charge in [-0.3, -0.25) is 0 Å². The van der Waals surface area contributed by atoms with E-state index in [1.54, 1.807) is 0 Å². The zero-order valence-corrected chi connectivity index (χ0v) is 51.1. The molecule has 19 aromatic rings. The molecule has 7 nitrogen and oxygen atoms in total. The molecule has 0 saturated carbocycles. The van der Waals surface area contributed by atoms with Crippen LogP contribution in [-0.4, -0.2) is 31.6 Å². The number of furan rings is 4. The van der Waals surface area contributed by atoms with E-state index >= 15 is 0 Å². The van der Waals surface area contributed by atoms with E-state index < -0.39 is 0 Å². The van der Waals surface area contributed by atoms with Crippen molar-refractivity contribution in [3.05, 3.63) is 303 Å². The Labute approximate surface area is 545 Å². The minimum Gasteiger partial charge on any atom is -0.471 e. The summed E-state index contributed by atoms with van der Waals surface area (Å²) in [5.41, 5.74) is 18.7. The molecule has 0 spiro atoms. The Morgan fingerprint density at radius 3 is 1.24 bits per heavy atom. The van der Waals surface area contributed by atoms with Gasteiger partial charge in [-0.05, 0) is 138 Å². The topological polar surface area (TPSA) is 70.0 Å². The lowest BCUT2D eigenvalue weighted by molar-refractivity contribution is 0.478. The van der Waals surface area contributed by atoms with Crippen LogP contribution in [0, 0.1) is 0 Å². The minimum atomic E-state index is -0.341. The maximum absolute atomic E-state index is 7.24. The van der Waals surface area contributed by atoms with Crippen molar-refractivity contribution in [3.8, 4) is 11.5 Å². The van der Waals surface area contributed by atoms with Crippen LogP contribution < -0.4 is 65.0 Å². The molecule has 0 fully saturated rings. The Hall–Kier alpha value is -12.1. The van der Waals surface area contributed by atoms with Crippen LogP contribution in [0.3, 0.4) is 0 Å². The number of ether oxygens (including phenoxy) is 1. The first kappa shape index (κ1) is 52.6. The monoisotopic (exact) mass is 1210 g/mol. The van der Waals surface area contributed by atoms with Crippen molar-refractivity contribution in [1.82, 2.24) is 4.48 Å². The number of para-hydroxylation sites is 8. The van der Waals surface area contributed by atoms with Gasteiger partial charge in [0.2, 0.25) is 0 Å². The van der Waals surface area contributed by atoms with E-state index in [9.17, 15) is 0 Å². The SMILES string of the molecule is c1ccc(B2c3oc4ccccc4c3B(n3c4ccccc4c4ccccc43)c3oc4ccc5ccccc5c4c32)cc1.c1ccc2c(c1)Oc1ccccc1N2B1c2oc3ccc4ccccc4c3c2B(c2ccc3cc4ccccc4cc3c2)c2oc3ccccc3c21. The number of hydrogen-bond donors (Lipinski definition) is 0. The molecular formula is C84H50B4N2O5. The van der Waals surface area contributed by atoms with Crippen LogP contribution in [0.25, 0.3) is 109 Å². The summed E-state index contributed by atoms with van der Waals surface area (Å²) in [5, 5.41) is 16.6. The summed E-state index contributed by atoms with van der Waals surface area (Å²) in [5.74, 6) is 1.62. The summed E-state index contributed by atoms with van der Waals surface area (Å²) in [7, 11) is 0. The third-order valence-electron chi connectivity index (χ3n) is 20.6. The highest BCUT2D eigenvalue weighted by Crippen LogP contribution is 2.47. The summed E-state index contributed by atoms with van der Waals surface area (Å²) >= 11 is 0. The molecule has 3 aliphatic heterocycles. The van der Waals surface area contributed by atoms with Crippen molar-refractivity contribution in [2.75, 3.05) is 4.81 Å².